The number of nitrogens with zero attached hydrogens (tertiary/aromatic N) is 4. The summed E-state index contributed by atoms with van der Waals surface area (Å²) in [5.74, 6) is 0.873. The van der Waals surface area contributed by atoms with E-state index in [1.165, 1.54) is 11.5 Å². The highest BCUT2D eigenvalue weighted by Gasteiger charge is 2.42. The third-order valence-corrected chi connectivity index (χ3v) is 5.54. The topological polar surface area (TPSA) is 96.5 Å². The molecule has 2 N–H and O–H groups in total. The minimum atomic E-state index is -0.577. The molecule has 1 fully saturated rings. The molecule has 24 heavy (non-hydrogen) atoms. The largest absolute Gasteiger partial charge is 0.338 e. The van der Waals surface area contributed by atoms with Crippen LogP contribution in [0.3, 0.4) is 0 Å². The molecule has 124 valence electrons. The Hall–Kier alpha value is -2.35. The van der Waals surface area contributed by atoms with E-state index >= 15 is 0 Å². The van der Waals surface area contributed by atoms with Crippen molar-refractivity contribution in [1.82, 2.24) is 30.3 Å². The minimum Gasteiger partial charge on any atom is -0.338 e. The normalized spacial score (nSPS) is 24.1. The van der Waals surface area contributed by atoms with Crippen LogP contribution in [0.25, 0.3) is 10.1 Å². The second kappa shape index (κ2) is 5.94. The van der Waals surface area contributed by atoms with E-state index in [0.29, 0.717) is 17.4 Å². The Labute approximate surface area is 143 Å². The molecular weight excluding hydrogens is 324 g/mol. The van der Waals surface area contributed by atoms with Gasteiger partial charge in [0.05, 0.1) is 4.70 Å². The highest BCUT2D eigenvalue weighted by atomic mass is 32.1. The van der Waals surface area contributed by atoms with Crippen LogP contribution in [-0.2, 0) is 5.54 Å². The van der Waals surface area contributed by atoms with Crippen LogP contribution in [0.15, 0.2) is 24.3 Å². The van der Waals surface area contributed by atoms with Gasteiger partial charge in [0.25, 0.3) is 5.91 Å². The fraction of sp³-hybridized carbons (Fsp3) is 0.438. The number of hydrogen-bond donors (Lipinski definition) is 2. The fourth-order valence-electron chi connectivity index (χ4n) is 3.61. The van der Waals surface area contributed by atoms with E-state index in [1.54, 1.807) is 0 Å². The van der Waals surface area contributed by atoms with Crippen molar-refractivity contribution in [2.24, 2.45) is 5.92 Å². The number of amides is 1. The van der Waals surface area contributed by atoms with E-state index in [0.717, 1.165) is 35.8 Å². The quantitative estimate of drug-likeness (QED) is 0.763. The van der Waals surface area contributed by atoms with Crippen molar-refractivity contribution in [1.29, 1.82) is 0 Å². The number of aromatic amines is 1. The van der Waals surface area contributed by atoms with E-state index in [-0.39, 0.29) is 5.91 Å². The van der Waals surface area contributed by atoms with E-state index in [2.05, 4.69) is 37.2 Å². The Morgan fingerprint density at radius 2 is 2.29 bits per heavy atom. The van der Waals surface area contributed by atoms with Crippen molar-refractivity contribution in [3.8, 4) is 0 Å². The van der Waals surface area contributed by atoms with E-state index in [4.69, 9.17) is 0 Å². The lowest BCUT2D eigenvalue weighted by Gasteiger charge is -2.38. The van der Waals surface area contributed by atoms with E-state index in [9.17, 15) is 4.79 Å². The van der Waals surface area contributed by atoms with Crippen LogP contribution >= 0.6 is 11.5 Å². The Morgan fingerprint density at radius 3 is 3.08 bits per heavy atom. The molecule has 0 saturated heterocycles. The fourth-order valence-corrected chi connectivity index (χ4v) is 4.39. The average molecular weight is 342 g/mol. The van der Waals surface area contributed by atoms with Gasteiger partial charge in [-0.3, -0.25) is 4.79 Å². The number of carbonyl (C=O) groups is 1. The first-order valence-electron chi connectivity index (χ1n) is 8.09. The van der Waals surface area contributed by atoms with Gasteiger partial charge < -0.3 is 5.32 Å². The summed E-state index contributed by atoms with van der Waals surface area (Å²) in [6.45, 7) is 2.19. The Kier molecular flexibility index (Phi) is 3.76. The molecule has 1 saturated carbocycles. The summed E-state index contributed by atoms with van der Waals surface area (Å²) < 4.78 is 5.37. The number of tetrazole rings is 1. The molecule has 1 aromatic carbocycles. The van der Waals surface area contributed by atoms with Gasteiger partial charge in [-0.05, 0) is 36.4 Å². The van der Waals surface area contributed by atoms with Crippen LogP contribution in [0.5, 0.6) is 0 Å². The lowest BCUT2D eigenvalue weighted by Crippen LogP contribution is -2.49. The zero-order valence-electron chi connectivity index (χ0n) is 13.3. The van der Waals surface area contributed by atoms with Crippen LogP contribution in [0.4, 0.5) is 0 Å². The highest BCUT2D eigenvalue weighted by molar-refractivity contribution is 7.13. The van der Waals surface area contributed by atoms with E-state index < -0.39 is 5.54 Å². The molecule has 0 aliphatic heterocycles. The molecule has 2 unspecified atom stereocenters. The number of benzene rings is 1. The monoisotopic (exact) mass is 342 g/mol. The van der Waals surface area contributed by atoms with Gasteiger partial charge in [-0.1, -0.05) is 43.2 Å². The van der Waals surface area contributed by atoms with Crippen molar-refractivity contribution in [2.45, 2.75) is 38.1 Å². The number of carbonyl (C=O) groups excluding carboxylic acids is 1. The maximum atomic E-state index is 12.9. The van der Waals surface area contributed by atoms with Gasteiger partial charge in [-0.15, -0.1) is 10.2 Å². The molecule has 7 nitrogen and oxygen atoms in total. The Balaban J connectivity index is 1.69. The predicted octanol–water partition coefficient (Wildman–Crippen LogP) is 2.64. The van der Waals surface area contributed by atoms with Crippen molar-refractivity contribution < 1.29 is 4.79 Å². The summed E-state index contributed by atoms with van der Waals surface area (Å²) in [6, 6.07) is 7.77. The molecule has 2 heterocycles. The van der Waals surface area contributed by atoms with Crippen LogP contribution in [0.2, 0.25) is 0 Å². The van der Waals surface area contributed by atoms with Gasteiger partial charge in [-0.25, -0.2) is 0 Å². The van der Waals surface area contributed by atoms with Crippen molar-refractivity contribution >= 4 is 27.5 Å². The van der Waals surface area contributed by atoms with Crippen LogP contribution in [0, 0.1) is 5.92 Å². The summed E-state index contributed by atoms with van der Waals surface area (Å²) in [5.41, 5.74) is -0.108. The SMILES string of the molecule is CC1CCCC(NC(=O)c2nsc3ccccc23)(c2nn[nH]n2)C1. The smallest absolute Gasteiger partial charge is 0.272 e. The van der Waals surface area contributed by atoms with Crippen molar-refractivity contribution in [2.75, 3.05) is 0 Å². The number of hydrogen-bond acceptors (Lipinski definition) is 6. The molecule has 1 amide bonds. The second-order valence-electron chi connectivity index (χ2n) is 6.50. The first kappa shape index (κ1) is 15.2. The summed E-state index contributed by atoms with van der Waals surface area (Å²) in [4.78, 5) is 12.9. The van der Waals surface area contributed by atoms with Gasteiger partial charge in [-0.2, -0.15) is 9.59 Å². The average Bonchev–Trinajstić information content (AvgIpc) is 3.25. The second-order valence-corrected chi connectivity index (χ2v) is 7.31. The molecular formula is C16H18N6OS. The molecule has 8 heteroatoms. The van der Waals surface area contributed by atoms with Gasteiger partial charge in [0.1, 0.15) is 11.2 Å². The lowest BCUT2D eigenvalue weighted by atomic mass is 9.75. The molecule has 1 aliphatic carbocycles. The number of H-pyrrole nitrogens is 1. The first-order chi connectivity index (χ1) is 11.7. The van der Waals surface area contributed by atoms with E-state index in [1.807, 2.05) is 24.3 Å². The Bertz CT molecular complexity index is 860. The number of fused-ring (bicyclic) bond motifs is 1. The van der Waals surface area contributed by atoms with Crippen molar-refractivity contribution in [3.05, 3.63) is 35.8 Å². The summed E-state index contributed by atoms with van der Waals surface area (Å²) >= 11 is 1.34. The van der Waals surface area contributed by atoms with Crippen LogP contribution in [0.1, 0.15) is 48.9 Å². The zero-order chi connectivity index (χ0) is 16.6. The van der Waals surface area contributed by atoms with Gasteiger partial charge in [0.2, 0.25) is 0 Å². The third-order valence-electron chi connectivity index (χ3n) is 4.72. The molecule has 0 spiro atoms. The molecule has 0 radical (unpaired) electrons. The molecule has 4 rings (SSSR count). The van der Waals surface area contributed by atoms with Gasteiger partial charge in [0.15, 0.2) is 5.82 Å². The summed E-state index contributed by atoms with van der Waals surface area (Å²) in [6.07, 6.45) is 3.79. The molecule has 2 aromatic heterocycles. The summed E-state index contributed by atoms with van der Waals surface area (Å²) in [5, 5.41) is 18.6. The molecule has 1 aliphatic rings. The third kappa shape index (κ3) is 2.56. The minimum absolute atomic E-state index is 0.175. The van der Waals surface area contributed by atoms with Crippen LogP contribution < -0.4 is 5.32 Å². The molecule has 2 atom stereocenters. The van der Waals surface area contributed by atoms with Gasteiger partial charge in [0, 0.05) is 5.39 Å². The molecule has 3 aromatic rings. The number of rotatable bonds is 3. The van der Waals surface area contributed by atoms with Crippen LogP contribution in [-0.4, -0.2) is 30.9 Å². The maximum Gasteiger partial charge on any atom is 0.272 e. The number of aromatic nitrogens is 5. The highest BCUT2D eigenvalue weighted by Crippen LogP contribution is 2.38. The van der Waals surface area contributed by atoms with Crippen molar-refractivity contribution in [3.63, 3.8) is 0 Å². The first-order valence-corrected chi connectivity index (χ1v) is 8.86. The molecule has 0 bridgehead atoms. The number of nitrogens with one attached hydrogen (secondary N) is 2. The standard InChI is InChI=1S/C16H18N6OS/c1-10-5-4-8-16(9-10,15-18-21-22-19-15)17-14(23)13-11-6-2-3-7-12(11)24-20-13/h2-3,6-7,10H,4-5,8-9H2,1H3,(H,17,23)(H,18,19,21,22). The predicted molar refractivity (Wildman–Crippen MR) is 90.6 cm³/mol. The zero-order valence-corrected chi connectivity index (χ0v) is 14.1. The summed E-state index contributed by atoms with van der Waals surface area (Å²) in [7, 11) is 0. The Morgan fingerprint density at radius 1 is 1.42 bits per heavy atom. The maximum absolute atomic E-state index is 12.9. The van der Waals surface area contributed by atoms with Gasteiger partial charge >= 0.3 is 0 Å². The lowest BCUT2D eigenvalue weighted by molar-refractivity contribution is 0.0829.